The third-order valence-electron chi connectivity index (χ3n) is 6.39. The molecule has 6 rings (SSSR count). The van der Waals surface area contributed by atoms with Crippen molar-refractivity contribution in [2.24, 2.45) is 0 Å². The van der Waals surface area contributed by atoms with Gasteiger partial charge >= 0.3 is 0 Å². The Hall–Kier alpha value is -3.58. The predicted octanol–water partition coefficient (Wildman–Crippen LogP) is 3.93. The van der Waals surface area contributed by atoms with Crippen molar-refractivity contribution in [2.45, 2.75) is 12.5 Å². The van der Waals surface area contributed by atoms with Crippen LogP contribution in [0.4, 0.5) is 5.82 Å². The quantitative estimate of drug-likeness (QED) is 0.502. The SMILES string of the molecule is O=C([C@@H]1Cc2cc(Cl)cc(-c3ccnc4[nH]ccc34)c2O1)N1CCN(c2ccccn2)CC1. The number of nitrogens with zero attached hydrogens (tertiary/aromatic N) is 4. The molecule has 3 aromatic heterocycles. The van der Waals surface area contributed by atoms with Crippen LogP contribution in [0.25, 0.3) is 22.2 Å². The third kappa shape index (κ3) is 3.58. The summed E-state index contributed by atoms with van der Waals surface area (Å²) in [6.07, 6.45) is 5.40. The number of aromatic amines is 1. The summed E-state index contributed by atoms with van der Waals surface area (Å²) >= 11 is 6.47. The van der Waals surface area contributed by atoms with Gasteiger partial charge in [0.25, 0.3) is 5.91 Å². The van der Waals surface area contributed by atoms with E-state index in [9.17, 15) is 4.79 Å². The number of H-pyrrole nitrogens is 1. The first-order valence-electron chi connectivity index (χ1n) is 11.0. The number of ether oxygens (including phenoxy) is 1. The molecule has 1 amide bonds. The van der Waals surface area contributed by atoms with Crippen LogP contribution in [0.1, 0.15) is 5.56 Å². The van der Waals surface area contributed by atoms with Gasteiger partial charge in [-0.1, -0.05) is 17.7 Å². The van der Waals surface area contributed by atoms with Gasteiger partial charge in [-0.2, -0.15) is 0 Å². The summed E-state index contributed by atoms with van der Waals surface area (Å²) in [5.74, 6) is 1.70. The van der Waals surface area contributed by atoms with Gasteiger partial charge in [-0.3, -0.25) is 4.79 Å². The molecule has 8 heteroatoms. The smallest absolute Gasteiger partial charge is 0.264 e. The van der Waals surface area contributed by atoms with Gasteiger partial charge in [0.05, 0.1) is 0 Å². The van der Waals surface area contributed by atoms with E-state index in [0.717, 1.165) is 52.4 Å². The minimum atomic E-state index is -0.540. The van der Waals surface area contributed by atoms with Crippen LogP contribution in [-0.4, -0.2) is 58.0 Å². The van der Waals surface area contributed by atoms with Crippen LogP contribution in [-0.2, 0) is 11.2 Å². The van der Waals surface area contributed by atoms with Crippen molar-refractivity contribution in [1.82, 2.24) is 19.9 Å². The highest BCUT2D eigenvalue weighted by Gasteiger charge is 2.35. The Morgan fingerprint density at radius 1 is 1.03 bits per heavy atom. The molecule has 0 spiro atoms. The van der Waals surface area contributed by atoms with Crippen molar-refractivity contribution in [3.8, 4) is 16.9 Å². The van der Waals surface area contributed by atoms with Gasteiger partial charge < -0.3 is 19.5 Å². The molecule has 33 heavy (non-hydrogen) atoms. The summed E-state index contributed by atoms with van der Waals surface area (Å²) < 4.78 is 6.29. The van der Waals surface area contributed by atoms with Gasteiger partial charge in [-0.25, -0.2) is 9.97 Å². The largest absolute Gasteiger partial charge is 0.479 e. The summed E-state index contributed by atoms with van der Waals surface area (Å²) in [5, 5.41) is 1.62. The lowest BCUT2D eigenvalue weighted by atomic mass is 9.99. The Kier molecular flexibility index (Phi) is 4.91. The van der Waals surface area contributed by atoms with Crippen molar-refractivity contribution in [1.29, 1.82) is 0 Å². The average molecular weight is 460 g/mol. The number of carbonyl (C=O) groups is 1. The molecule has 1 fully saturated rings. The zero-order valence-electron chi connectivity index (χ0n) is 17.9. The standard InChI is InChI=1S/C25H22ClN5O2/c26-17-13-16-14-21(25(32)31-11-9-30(10-12-31)22-3-1-2-6-27-22)33-23(16)20(15-17)18-4-7-28-24-19(18)5-8-29-24/h1-8,13,15,21H,9-12,14H2,(H,28,29)/t21-/m0/s1. The Morgan fingerprint density at radius 3 is 2.73 bits per heavy atom. The second-order valence-corrected chi connectivity index (χ2v) is 8.79. The molecule has 1 saturated heterocycles. The molecule has 0 bridgehead atoms. The third-order valence-corrected chi connectivity index (χ3v) is 6.60. The van der Waals surface area contributed by atoms with Gasteiger partial charge in [0, 0.05) is 72.7 Å². The van der Waals surface area contributed by atoms with E-state index in [1.807, 2.05) is 53.6 Å². The molecule has 0 saturated carbocycles. The first-order chi connectivity index (χ1) is 16.2. The number of piperazine rings is 1. The number of nitrogens with one attached hydrogen (secondary N) is 1. The second-order valence-electron chi connectivity index (χ2n) is 8.35. The highest BCUT2D eigenvalue weighted by molar-refractivity contribution is 6.31. The highest BCUT2D eigenvalue weighted by Crippen LogP contribution is 2.43. The van der Waals surface area contributed by atoms with E-state index in [1.165, 1.54) is 0 Å². The Labute approximate surface area is 196 Å². The average Bonchev–Trinajstić information content (AvgIpc) is 3.51. The zero-order chi connectivity index (χ0) is 22.4. The molecular formula is C25H22ClN5O2. The van der Waals surface area contributed by atoms with Crippen LogP contribution in [0.5, 0.6) is 5.75 Å². The number of aromatic nitrogens is 3. The number of halogens is 1. The van der Waals surface area contributed by atoms with Crippen LogP contribution in [0, 0.1) is 0 Å². The maximum atomic E-state index is 13.3. The summed E-state index contributed by atoms with van der Waals surface area (Å²) in [5.41, 5.74) is 3.64. The molecule has 7 nitrogen and oxygen atoms in total. The molecule has 5 heterocycles. The number of amides is 1. The molecule has 2 aliphatic heterocycles. The highest BCUT2D eigenvalue weighted by atomic mass is 35.5. The van der Waals surface area contributed by atoms with Crippen molar-refractivity contribution < 1.29 is 9.53 Å². The number of carbonyl (C=O) groups excluding carboxylic acids is 1. The van der Waals surface area contributed by atoms with Crippen molar-refractivity contribution >= 4 is 34.4 Å². The van der Waals surface area contributed by atoms with E-state index >= 15 is 0 Å². The van der Waals surface area contributed by atoms with Gasteiger partial charge in [0.1, 0.15) is 17.2 Å². The lowest BCUT2D eigenvalue weighted by Gasteiger charge is -2.36. The molecule has 166 valence electrons. The first-order valence-corrected chi connectivity index (χ1v) is 11.4. The van der Waals surface area contributed by atoms with Crippen LogP contribution in [0.2, 0.25) is 5.02 Å². The first kappa shape index (κ1) is 20.1. The Balaban J connectivity index is 1.22. The molecule has 4 aromatic rings. The minimum absolute atomic E-state index is 0.0236. The predicted molar refractivity (Wildman–Crippen MR) is 128 cm³/mol. The van der Waals surface area contributed by atoms with Crippen LogP contribution < -0.4 is 9.64 Å². The minimum Gasteiger partial charge on any atom is -0.479 e. The maximum Gasteiger partial charge on any atom is 0.264 e. The van der Waals surface area contributed by atoms with Crippen molar-refractivity contribution in [3.63, 3.8) is 0 Å². The number of rotatable bonds is 3. The van der Waals surface area contributed by atoms with Crippen molar-refractivity contribution in [3.05, 3.63) is 71.6 Å². The van der Waals surface area contributed by atoms with Gasteiger partial charge in [-0.05, 0) is 42.0 Å². The normalized spacial score (nSPS) is 17.8. The zero-order valence-corrected chi connectivity index (χ0v) is 18.6. The molecule has 0 aliphatic carbocycles. The summed E-state index contributed by atoms with van der Waals surface area (Å²) in [6.45, 7) is 2.80. The monoisotopic (exact) mass is 459 g/mol. The fourth-order valence-electron chi connectivity index (χ4n) is 4.76. The Morgan fingerprint density at radius 2 is 1.91 bits per heavy atom. The topological polar surface area (TPSA) is 74.4 Å². The lowest BCUT2D eigenvalue weighted by Crippen LogP contribution is -2.52. The number of hydrogen-bond donors (Lipinski definition) is 1. The molecule has 1 aromatic carbocycles. The van der Waals surface area contributed by atoms with E-state index < -0.39 is 6.10 Å². The maximum absolute atomic E-state index is 13.3. The number of pyridine rings is 2. The van der Waals surface area contributed by atoms with E-state index in [-0.39, 0.29) is 5.91 Å². The number of fused-ring (bicyclic) bond motifs is 2. The number of hydrogen-bond acceptors (Lipinski definition) is 5. The van der Waals surface area contributed by atoms with Crippen LogP contribution in [0.15, 0.2) is 61.1 Å². The van der Waals surface area contributed by atoms with Crippen LogP contribution >= 0.6 is 11.6 Å². The summed E-state index contributed by atoms with van der Waals surface area (Å²) in [4.78, 5) is 29.4. The molecule has 1 N–H and O–H groups in total. The fraction of sp³-hybridized carbons (Fsp3) is 0.240. The number of anilines is 1. The summed E-state index contributed by atoms with van der Waals surface area (Å²) in [6, 6.07) is 13.6. The molecule has 1 atom stereocenters. The molecular weight excluding hydrogens is 438 g/mol. The van der Waals surface area contributed by atoms with Crippen molar-refractivity contribution in [2.75, 3.05) is 31.1 Å². The molecule has 0 radical (unpaired) electrons. The van der Waals surface area contributed by atoms with Gasteiger partial charge in [0.15, 0.2) is 6.10 Å². The van der Waals surface area contributed by atoms with E-state index in [2.05, 4.69) is 19.9 Å². The fourth-order valence-corrected chi connectivity index (χ4v) is 5.00. The van der Waals surface area contributed by atoms with Gasteiger partial charge in [0.2, 0.25) is 0 Å². The van der Waals surface area contributed by atoms with Crippen LogP contribution in [0.3, 0.4) is 0 Å². The molecule has 2 aliphatic rings. The van der Waals surface area contributed by atoms with E-state index in [0.29, 0.717) is 24.5 Å². The Bertz CT molecular complexity index is 1330. The number of benzene rings is 1. The second kappa shape index (κ2) is 8.08. The van der Waals surface area contributed by atoms with E-state index in [1.54, 1.807) is 12.4 Å². The lowest BCUT2D eigenvalue weighted by molar-refractivity contribution is -0.138. The van der Waals surface area contributed by atoms with Gasteiger partial charge in [-0.15, -0.1) is 0 Å². The summed E-state index contributed by atoms with van der Waals surface area (Å²) in [7, 11) is 0. The molecule has 0 unspecified atom stereocenters. The van der Waals surface area contributed by atoms with E-state index in [4.69, 9.17) is 16.3 Å².